The zero-order chi connectivity index (χ0) is 26.2. The Kier molecular flexibility index (Phi) is 9.18. The fraction of sp³-hybridized carbons (Fsp3) is 0.405. The molecule has 0 spiro atoms. The molecule has 198 valence electrons. The Balaban J connectivity index is 1.42. The van der Waals surface area contributed by atoms with Gasteiger partial charge in [0.2, 0.25) is 0 Å². The highest BCUT2D eigenvalue weighted by atomic mass is 15.0. The van der Waals surface area contributed by atoms with E-state index in [1.165, 1.54) is 113 Å². The molecule has 0 aliphatic carbocycles. The van der Waals surface area contributed by atoms with Crippen LogP contribution in [0.1, 0.15) is 88.3 Å². The minimum Gasteiger partial charge on any atom is -0.340 e. The van der Waals surface area contributed by atoms with Crippen LogP contribution in [0.3, 0.4) is 0 Å². The summed E-state index contributed by atoms with van der Waals surface area (Å²) in [6, 6.07) is 30.2. The second-order valence-electron chi connectivity index (χ2n) is 11.2. The second kappa shape index (κ2) is 13.1. The van der Waals surface area contributed by atoms with Crippen LogP contribution in [0.5, 0.6) is 0 Å². The standard InChI is InChI=1S/C37H45N/c1-3-5-7-9-15-29-22-24-36-34(27-29)35-28-30(16-10-8-6-4-2)23-25-37(35)38(36)26-14-20-32-19-13-18-31-17-11-12-21-33(31)32/h11-13,17-19,21-25,27-28H,3-10,14-16,20,26H2,1-2H3. The Hall–Kier alpha value is -3.06. The van der Waals surface area contributed by atoms with Gasteiger partial charge < -0.3 is 4.57 Å². The summed E-state index contributed by atoms with van der Waals surface area (Å²) in [6.07, 6.45) is 15.2. The molecular formula is C37H45N. The van der Waals surface area contributed by atoms with E-state index in [9.17, 15) is 0 Å². The Morgan fingerprint density at radius 2 is 1.11 bits per heavy atom. The Morgan fingerprint density at radius 3 is 1.74 bits per heavy atom. The predicted molar refractivity (Wildman–Crippen MR) is 167 cm³/mol. The van der Waals surface area contributed by atoms with Crippen LogP contribution in [0.25, 0.3) is 32.6 Å². The molecule has 1 aromatic heterocycles. The molecule has 0 saturated heterocycles. The Labute approximate surface area is 229 Å². The van der Waals surface area contributed by atoms with E-state index in [1.807, 2.05) is 0 Å². The molecule has 0 aliphatic rings. The van der Waals surface area contributed by atoms with Gasteiger partial charge in [0.15, 0.2) is 0 Å². The molecule has 38 heavy (non-hydrogen) atoms. The first-order valence-corrected chi connectivity index (χ1v) is 15.3. The van der Waals surface area contributed by atoms with E-state index in [0.717, 1.165) is 19.4 Å². The molecular weight excluding hydrogens is 458 g/mol. The topological polar surface area (TPSA) is 4.93 Å². The maximum atomic E-state index is 2.59. The number of aromatic nitrogens is 1. The monoisotopic (exact) mass is 503 g/mol. The van der Waals surface area contributed by atoms with Crippen LogP contribution in [-0.2, 0) is 25.8 Å². The van der Waals surface area contributed by atoms with Crippen LogP contribution < -0.4 is 0 Å². The van der Waals surface area contributed by atoms with Gasteiger partial charge in [-0.25, -0.2) is 0 Å². The van der Waals surface area contributed by atoms with E-state index in [2.05, 4.69) is 97.3 Å². The Morgan fingerprint density at radius 1 is 0.500 bits per heavy atom. The van der Waals surface area contributed by atoms with E-state index < -0.39 is 0 Å². The molecule has 1 heteroatoms. The summed E-state index contributed by atoms with van der Waals surface area (Å²) in [4.78, 5) is 0. The van der Waals surface area contributed by atoms with Gasteiger partial charge in [0, 0.05) is 28.4 Å². The van der Waals surface area contributed by atoms with E-state index in [-0.39, 0.29) is 0 Å². The van der Waals surface area contributed by atoms with Crippen molar-refractivity contribution >= 4 is 32.6 Å². The van der Waals surface area contributed by atoms with E-state index >= 15 is 0 Å². The molecule has 1 heterocycles. The summed E-state index contributed by atoms with van der Waals surface area (Å²) >= 11 is 0. The number of rotatable bonds is 14. The molecule has 0 bridgehead atoms. The lowest BCUT2D eigenvalue weighted by Gasteiger charge is -2.10. The van der Waals surface area contributed by atoms with Crippen molar-refractivity contribution in [3.05, 3.63) is 95.6 Å². The normalized spacial score (nSPS) is 11.7. The molecule has 0 aliphatic heterocycles. The van der Waals surface area contributed by atoms with Crippen molar-refractivity contribution in [2.75, 3.05) is 0 Å². The molecule has 4 aromatic carbocycles. The third-order valence-corrected chi connectivity index (χ3v) is 8.34. The van der Waals surface area contributed by atoms with E-state index in [1.54, 1.807) is 0 Å². The fourth-order valence-corrected chi connectivity index (χ4v) is 6.20. The van der Waals surface area contributed by atoms with Crippen LogP contribution in [0.2, 0.25) is 0 Å². The molecule has 0 N–H and O–H groups in total. The summed E-state index contributed by atoms with van der Waals surface area (Å²) in [6.45, 7) is 5.64. The van der Waals surface area contributed by atoms with Gasteiger partial charge in [0.05, 0.1) is 0 Å². The van der Waals surface area contributed by atoms with Crippen molar-refractivity contribution in [2.24, 2.45) is 0 Å². The summed E-state index contributed by atoms with van der Waals surface area (Å²) < 4.78 is 2.59. The van der Waals surface area contributed by atoms with Crippen molar-refractivity contribution in [3.8, 4) is 0 Å². The van der Waals surface area contributed by atoms with E-state index in [4.69, 9.17) is 0 Å². The van der Waals surface area contributed by atoms with Crippen LogP contribution in [0.4, 0.5) is 0 Å². The molecule has 5 rings (SSSR count). The maximum absolute atomic E-state index is 2.59. The van der Waals surface area contributed by atoms with E-state index in [0.29, 0.717) is 0 Å². The van der Waals surface area contributed by atoms with Crippen molar-refractivity contribution in [2.45, 2.75) is 97.4 Å². The Bertz CT molecular complexity index is 1400. The lowest BCUT2D eigenvalue weighted by molar-refractivity contribution is 0.666. The van der Waals surface area contributed by atoms with Gasteiger partial charge in [-0.15, -0.1) is 0 Å². The number of fused-ring (bicyclic) bond motifs is 4. The molecule has 1 nitrogen and oxygen atoms in total. The largest absolute Gasteiger partial charge is 0.340 e. The number of benzene rings is 4. The van der Waals surface area contributed by atoms with Gasteiger partial charge in [-0.05, 0) is 90.3 Å². The van der Waals surface area contributed by atoms with Gasteiger partial charge in [0.25, 0.3) is 0 Å². The summed E-state index contributed by atoms with van der Waals surface area (Å²) in [5.74, 6) is 0. The molecule has 0 radical (unpaired) electrons. The first-order valence-electron chi connectivity index (χ1n) is 15.3. The lowest BCUT2D eigenvalue weighted by Crippen LogP contribution is -2.00. The van der Waals surface area contributed by atoms with Gasteiger partial charge >= 0.3 is 0 Å². The molecule has 5 aromatic rings. The van der Waals surface area contributed by atoms with Crippen molar-refractivity contribution in [1.29, 1.82) is 0 Å². The smallest absolute Gasteiger partial charge is 0.0491 e. The highest BCUT2D eigenvalue weighted by molar-refractivity contribution is 6.08. The lowest BCUT2D eigenvalue weighted by atomic mass is 10.0. The molecule has 0 atom stereocenters. The molecule has 0 saturated carbocycles. The number of aryl methyl sites for hydroxylation is 4. The average Bonchev–Trinajstić information content (AvgIpc) is 3.26. The van der Waals surface area contributed by atoms with Crippen LogP contribution in [0.15, 0.2) is 78.9 Å². The number of nitrogens with zero attached hydrogens (tertiary/aromatic N) is 1. The number of hydrogen-bond acceptors (Lipinski definition) is 0. The zero-order valence-corrected chi connectivity index (χ0v) is 23.6. The number of hydrogen-bond donors (Lipinski definition) is 0. The maximum Gasteiger partial charge on any atom is 0.0491 e. The number of unbranched alkanes of at least 4 members (excludes halogenated alkanes) is 6. The SMILES string of the molecule is CCCCCCc1ccc2c(c1)c1cc(CCCCCC)ccc1n2CCCc1cccc2ccccc12. The zero-order valence-electron chi connectivity index (χ0n) is 23.6. The van der Waals surface area contributed by atoms with Gasteiger partial charge in [-0.3, -0.25) is 0 Å². The van der Waals surface area contributed by atoms with Gasteiger partial charge in [-0.1, -0.05) is 107 Å². The average molecular weight is 504 g/mol. The first kappa shape index (κ1) is 26.5. The summed E-state index contributed by atoms with van der Waals surface area (Å²) in [7, 11) is 0. The molecule has 0 fully saturated rings. The third kappa shape index (κ3) is 6.15. The minimum atomic E-state index is 1.05. The fourth-order valence-electron chi connectivity index (χ4n) is 6.20. The molecule has 0 unspecified atom stereocenters. The first-order chi connectivity index (χ1) is 18.8. The predicted octanol–water partition coefficient (Wildman–Crippen LogP) is 10.8. The summed E-state index contributed by atoms with van der Waals surface area (Å²) in [5, 5.41) is 5.65. The van der Waals surface area contributed by atoms with Crippen LogP contribution in [-0.4, -0.2) is 4.57 Å². The van der Waals surface area contributed by atoms with Gasteiger partial charge in [-0.2, -0.15) is 0 Å². The van der Waals surface area contributed by atoms with Crippen LogP contribution in [0, 0.1) is 0 Å². The third-order valence-electron chi connectivity index (χ3n) is 8.34. The highest BCUT2D eigenvalue weighted by Gasteiger charge is 2.13. The quantitative estimate of drug-likeness (QED) is 0.133. The van der Waals surface area contributed by atoms with Crippen molar-refractivity contribution in [1.82, 2.24) is 4.57 Å². The molecule has 0 amide bonds. The van der Waals surface area contributed by atoms with Crippen molar-refractivity contribution in [3.63, 3.8) is 0 Å². The summed E-state index contributed by atoms with van der Waals surface area (Å²) in [5.41, 5.74) is 7.26. The highest BCUT2D eigenvalue weighted by Crippen LogP contribution is 2.32. The second-order valence-corrected chi connectivity index (χ2v) is 11.2. The minimum absolute atomic E-state index is 1.05. The van der Waals surface area contributed by atoms with Gasteiger partial charge in [0.1, 0.15) is 0 Å². The van der Waals surface area contributed by atoms with Crippen LogP contribution >= 0.6 is 0 Å². The van der Waals surface area contributed by atoms with Crippen molar-refractivity contribution < 1.29 is 0 Å².